The molecule has 1 nitrogen and oxygen atoms in total. The second kappa shape index (κ2) is 4.22. The molecule has 0 saturated heterocycles. The number of rotatable bonds is 3. The first kappa shape index (κ1) is 7.05. The molecule has 42 valence electrons. The molecule has 0 aliphatic heterocycles. The first-order valence-corrected chi connectivity index (χ1v) is 3.23. The van der Waals surface area contributed by atoms with E-state index in [4.69, 9.17) is 5.11 Å². The minimum absolute atomic E-state index is 0.252. The maximum Gasteiger partial charge on any atom is 0.0967 e. The highest BCUT2D eigenvalue weighted by atomic mass is 32.2. The summed E-state index contributed by atoms with van der Waals surface area (Å²) < 4.78 is 0. The van der Waals surface area contributed by atoms with Gasteiger partial charge in [0.15, 0.2) is 0 Å². The van der Waals surface area contributed by atoms with Crippen LogP contribution in [0.4, 0.5) is 0 Å². The Morgan fingerprint density at radius 2 is 2.57 bits per heavy atom. The van der Waals surface area contributed by atoms with Gasteiger partial charge < -0.3 is 5.11 Å². The molecule has 1 atom stereocenters. The number of hydrogen-bond donors (Lipinski definition) is 1. The highest BCUT2D eigenvalue weighted by molar-refractivity contribution is 7.99. The molecule has 1 N–H and O–H groups in total. The smallest absolute Gasteiger partial charge is 0.0967 e. The fraction of sp³-hybridized carbons (Fsp3) is 0.600. The molecule has 0 unspecified atom stereocenters. The lowest BCUT2D eigenvalue weighted by molar-refractivity contribution is 0.284. The van der Waals surface area contributed by atoms with Crippen molar-refractivity contribution in [1.82, 2.24) is 0 Å². The van der Waals surface area contributed by atoms with Gasteiger partial charge in [-0.3, -0.25) is 0 Å². The van der Waals surface area contributed by atoms with E-state index >= 15 is 0 Å². The van der Waals surface area contributed by atoms with Gasteiger partial charge in [0.2, 0.25) is 0 Å². The summed E-state index contributed by atoms with van der Waals surface area (Å²) in [4.78, 5) is 0. The number of aliphatic hydroxyl groups is 1. The number of thioether (sulfide) groups is 1. The van der Waals surface area contributed by atoms with Gasteiger partial charge >= 0.3 is 0 Å². The highest BCUT2D eigenvalue weighted by Gasteiger charge is 1.88. The van der Waals surface area contributed by atoms with Crippen molar-refractivity contribution in [3.8, 4) is 0 Å². The Bertz CT molecular complexity index is 52.0. The van der Waals surface area contributed by atoms with E-state index in [-0.39, 0.29) is 5.44 Å². The Labute approximate surface area is 48.4 Å². The van der Waals surface area contributed by atoms with Crippen molar-refractivity contribution in [2.45, 2.75) is 12.4 Å². The molecule has 0 spiro atoms. The van der Waals surface area contributed by atoms with E-state index < -0.39 is 0 Å². The van der Waals surface area contributed by atoms with E-state index in [0.29, 0.717) is 0 Å². The van der Waals surface area contributed by atoms with Crippen LogP contribution in [0.3, 0.4) is 0 Å². The summed E-state index contributed by atoms with van der Waals surface area (Å²) in [5.74, 6) is 0.831. The van der Waals surface area contributed by atoms with Crippen LogP contribution in [0.25, 0.3) is 0 Å². The summed E-state index contributed by atoms with van der Waals surface area (Å²) in [5, 5.41) is 8.60. The summed E-state index contributed by atoms with van der Waals surface area (Å²) in [5.41, 5.74) is -0.252. The second-order valence-electron chi connectivity index (χ2n) is 1.22. The van der Waals surface area contributed by atoms with Crippen LogP contribution in [0.15, 0.2) is 12.7 Å². The van der Waals surface area contributed by atoms with Crippen LogP contribution < -0.4 is 0 Å². The summed E-state index contributed by atoms with van der Waals surface area (Å²) in [6.45, 7) is 5.24. The SMILES string of the molecule is C=CCS[C@@H](C)O. The van der Waals surface area contributed by atoms with E-state index in [1.54, 1.807) is 13.0 Å². The highest BCUT2D eigenvalue weighted by Crippen LogP contribution is 2.04. The number of aliphatic hydroxyl groups excluding tert-OH is 1. The fourth-order valence-corrected chi connectivity index (χ4v) is 0.622. The van der Waals surface area contributed by atoms with Crippen molar-refractivity contribution in [2.75, 3.05) is 5.75 Å². The monoisotopic (exact) mass is 118 g/mol. The molecule has 0 amide bonds. The Kier molecular flexibility index (Phi) is 4.25. The largest absolute Gasteiger partial charge is 0.383 e. The van der Waals surface area contributed by atoms with Gasteiger partial charge in [0.1, 0.15) is 0 Å². The molecule has 0 heterocycles. The average Bonchev–Trinajstić information content (AvgIpc) is 1.61. The molecule has 0 fully saturated rings. The van der Waals surface area contributed by atoms with Crippen LogP contribution in [0, 0.1) is 0 Å². The normalized spacial score (nSPS) is 13.4. The van der Waals surface area contributed by atoms with Gasteiger partial charge in [0.05, 0.1) is 5.44 Å². The molecule has 7 heavy (non-hydrogen) atoms. The maximum absolute atomic E-state index is 8.60. The average molecular weight is 118 g/mol. The van der Waals surface area contributed by atoms with Crippen molar-refractivity contribution in [2.24, 2.45) is 0 Å². The van der Waals surface area contributed by atoms with Gasteiger partial charge in [-0.05, 0) is 6.92 Å². The fourth-order valence-electron chi connectivity index (χ4n) is 0.207. The summed E-state index contributed by atoms with van der Waals surface area (Å²) >= 11 is 1.47. The van der Waals surface area contributed by atoms with Crippen LogP contribution in [0.5, 0.6) is 0 Å². The number of hydrogen-bond acceptors (Lipinski definition) is 2. The molecular weight excluding hydrogens is 108 g/mol. The van der Waals surface area contributed by atoms with Crippen LogP contribution in [0.2, 0.25) is 0 Å². The van der Waals surface area contributed by atoms with Crippen molar-refractivity contribution in [1.29, 1.82) is 0 Å². The van der Waals surface area contributed by atoms with Crippen molar-refractivity contribution in [3.05, 3.63) is 12.7 Å². The second-order valence-corrected chi connectivity index (χ2v) is 2.57. The van der Waals surface area contributed by atoms with Gasteiger partial charge in [-0.25, -0.2) is 0 Å². The van der Waals surface area contributed by atoms with E-state index in [1.165, 1.54) is 11.8 Å². The Balaban J connectivity index is 2.81. The molecule has 0 aromatic carbocycles. The standard InChI is InChI=1S/C5H10OS/c1-3-4-7-5(2)6/h3,5-6H,1,4H2,2H3/t5-/m0/s1. The molecule has 2 heteroatoms. The third-order valence-corrected chi connectivity index (χ3v) is 1.37. The molecule has 0 rings (SSSR count). The topological polar surface area (TPSA) is 20.2 Å². The molecule has 0 saturated carbocycles. The zero-order valence-corrected chi connectivity index (χ0v) is 5.24. The van der Waals surface area contributed by atoms with Crippen molar-refractivity contribution >= 4 is 11.8 Å². The Hall–Kier alpha value is 0.0500. The van der Waals surface area contributed by atoms with Crippen LogP contribution in [0.1, 0.15) is 6.92 Å². The predicted molar refractivity (Wildman–Crippen MR) is 34.3 cm³/mol. The molecule has 0 aromatic heterocycles. The third kappa shape index (κ3) is 6.05. The van der Waals surface area contributed by atoms with Gasteiger partial charge in [-0.1, -0.05) is 6.08 Å². The summed E-state index contributed by atoms with van der Waals surface area (Å²) in [6.07, 6.45) is 1.78. The summed E-state index contributed by atoms with van der Waals surface area (Å²) in [7, 11) is 0. The minimum atomic E-state index is -0.252. The van der Waals surface area contributed by atoms with Gasteiger partial charge in [0.25, 0.3) is 0 Å². The molecule has 0 radical (unpaired) electrons. The van der Waals surface area contributed by atoms with E-state index in [9.17, 15) is 0 Å². The van der Waals surface area contributed by atoms with Crippen LogP contribution in [-0.4, -0.2) is 16.3 Å². The van der Waals surface area contributed by atoms with Crippen LogP contribution in [-0.2, 0) is 0 Å². The van der Waals surface area contributed by atoms with E-state index in [2.05, 4.69) is 6.58 Å². The molecule has 0 aliphatic rings. The lowest BCUT2D eigenvalue weighted by Gasteiger charge is -1.96. The molecule has 0 aromatic rings. The summed E-state index contributed by atoms with van der Waals surface area (Å²) in [6, 6.07) is 0. The van der Waals surface area contributed by atoms with E-state index in [0.717, 1.165) is 5.75 Å². The first-order valence-electron chi connectivity index (χ1n) is 2.18. The quantitative estimate of drug-likeness (QED) is 0.444. The lowest BCUT2D eigenvalue weighted by atomic mass is 10.8. The van der Waals surface area contributed by atoms with Gasteiger partial charge in [-0.2, -0.15) is 0 Å². The Morgan fingerprint density at radius 1 is 2.00 bits per heavy atom. The minimum Gasteiger partial charge on any atom is -0.383 e. The zero-order chi connectivity index (χ0) is 5.70. The molecule has 0 bridgehead atoms. The van der Waals surface area contributed by atoms with Crippen molar-refractivity contribution < 1.29 is 5.11 Å². The van der Waals surface area contributed by atoms with Crippen molar-refractivity contribution in [3.63, 3.8) is 0 Å². The maximum atomic E-state index is 8.60. The molecular formula is C5H10OS. The Morgan fingerprint density at radius 3 is 2.71 bits per heavy atom. The van der Waals surface area contributed by atoms with Crippen LogP contribution >= 0.6 is 11.8 Å². The predicted octanol–water partition coefficient (Wildman–Crippen LogP) is 1.24. The third-order valence-electron chi connectivity index (χ3n) is 0.455. The first-order chi connectivity index (χ1) is 3.27. The van der Waals surface area contributed by atoms with Gasteiger partial charge in [0, 0.05) is 5.75 Å². The molecule has 0 aliphatic carbocycles. The lowest BCUT2D eigenvalue weighted by Crippen LogP contribution is -1.90. The van der Waals surface area contributed by atoms with Gasteiger partial charge in [-0.15, -0.1) is 18.3 Å². The van der Waals surface area contributed by atoms with E-state index in [1.807, 2.05) is 0 Å². The zero-order valence-electron chi connectivity index (χ0n) is 4.42.